The summed E-state index contributed by atoms with van der Waals surface area (Å²) in [5.74, 6) is 0.0596. The number of nitrogens with zero attached hydrogens (tertiary/aromatic N) is 3. The average Bonchev–Trinajstić information content (AvgIpc) is 2.87. The van der Waals surface area contributed by atoms with Gasteiger partial charge in [-0.25, -0.2) is 0 Å². The number of nitrogens with one attached hydrogen (secondary N) is 1. The molecule has 7 heteroatoms. The number of hydrogen-bond acceptors (Lipinski definition) is 4. The van der Waals surface area contributed by atoms with Gasteiger partial charge >= 0.3 is 0 Å². The van der Waals surface area contributed by atoms with Crippen LogP contribution in [0.1, 0.15) is 36.3 Å². The maximum absolute atomic E-state index is 12.3. The number of fused-ring (bicyclic) bond motifs is 1. The predicted octanol–water partition coefficient (Wildman–Crippen LogP) is 1.53. The fourth-order valence-electron chi connectivity index (χ4n) is 2.51. The number of carbonyl (C=O) groups excluding carboxylic acids is 1. The summed E-state index contributed by atoms with van der Waals surface area (Å²) in [6.07, 6.45) is 4.60. The molecule has 0 atom stereocenters. The number of rotatable bonds is 2. The van der Waals surface area contributed by atoms with E-state index >= 15 is 0 Å². The molecule has 0 aromatic carbocycles. The van der Waals surface area contributed by atoms with Gasteiger partial charge in [-0.1, -0.05) is 0 Å². The lowest BCUT2D eigenvalue weighted by Gasteiger charge is -2.25. The SMILES string of the molecule is O=C(NC1CCC(O)CC1)c1nnc2c(Br)cccn12. The molecule has 0 bridgehead atoms. The Morgan fingerprint density at radius 1 is 1.35 bits per heavy atom. The van der Waals surface area contributed by atoms with E-state index in [4.69, 9.17) is 0 Å². The van der Waals surface area contributed by atoms with Crippen LogP contribution in [0.15, 0.2) is 22.8 Å². The van der Waals surface area contributed by atoms with Crippen LogP contribution in [0.25, 0.3) is 5.65 Å². The van der Waals surface area contributed by atoms with Gasteiger partial charge in [-0.05, 0) is 53.7 Å². The van der Waals surface area contributed by atoms with E-state index in [2.05, 4.69) is 31.4 Å². The molecule has 1 amide bonds. The van der Waals surface area contributed by atoms with Gasteiger partial charge in [-0.15, -0.1) is 10.2 Å². The van der Waals surface area contributed by atoms with E-state index in [0.29, 0.717) is 5.65 Å². The van der Waals surface area contributed by atoms with E-state index in [-0.39, 0.29) is 23.9 Å². The van der Waals surface area contributed by atoms with Gasteiger partial charge in [0.1, 0.15) is 0 Å². The van der Waals surface area contributed by atoms with Crippen LogP contribution < -0.4 is 5.32 Å². The second-order valence-electron chi connectivity index (χ2n) is 5.05. The molecule has 0 spiro atoms. The molecule has 0 aliphatic heterocycles. The first-order chi connectivity index (χ1) is 9.65. The molecule has 2 aromatic heterocycles. The minimum Gasteiger partial charge on any atom is -0.393 e. The summed E-state index contributed by atoms with van der Waals surface area (Å²) in [7, 11) is 0. The zero-order valence-corrected chi connectivity index (χ0v) is 12.4. The standard InChI is InChI=1S/C13H15BrN4O2/c14-10-2-1-7-18-11(10)16-17-12(18)13(20)15-8-3-5-9(19)6-4-8/h1-2,7-9,19H,3-6H2,(H,15,20). The van der Waals surface area contributed by atoms with Gasteiger partial charge in [0, 0.05) is 12.2 Å². The van der Waals surface area contributed by atoms with E-state index in [0.717, 1.165) is 30.2 Å². The fourth-order valence-corrected chi connectivity index (χ4v) is 2.93. The van der Waals surface area contributed by atoms with E-state index in [9.17, 15) is 9.90 Å². The predicted molar refractivity (Wildman–Crippen MR) is 76.4 cm³/mol. The zero-order chi connectivity index (χ0) is 14.1. The molecule has 0 unspecified atom stereocenters. The number of aromatic nitrogens is 3. The van der Waals surface area contributed by atoms with Crippen molar-refractivity contribution in [2.24, 2.45) is 0 Å². The van der Waals surface area contributed by atoms with E-state index in [1.54, 1.807) is 10.6 Å². The maximum Gasteiger partial charge on any atom is 0.289 e. The van der Waals surface area contributed by atoms with Crippen LogP contribution in [0.3, 0.4) is 0 Å². The number of pyridine rings is 1. The van der Waals surface area contributed by atoms with Gasteiger partial charge in [0.05, 0.1) is 10.6 Å². The van der Waals surface area contributed by atoms with Crippen molar-refractivity contribution >= 4 is 27.5 Å². The molecular formula is C13H15BrN4O2. The Labute approximate surface area is 124 Å². The van der Waals surface area contributed by atoms with Crippen molar-refractivity contribution < 1.29 is 9.90 Å². The monoisotopic (exact) mass is 338 g/mol. The Bertz CT molecular complexity index is 634. The molecule has 1 saturated carbocycles. The van der Waals surface area contributed by atoms with Crippen molar-refractivity contribution in [1.29, 1.82) is 0 Å². The summed E-state index contributed by atoms with van der Waals surface area (Å²) < 4.78 is 2.46. The Kier molecular flexibility index (Phi) is 3.71. The average molecular weight is 339 g/mol. The van der Waals surface area contributed by atoms with Crippen molar-refractivity contribution in [3.8, 4) is 0 Å². The summed E-state index contributed by atoms with van der Waals surface area (Å²) in [4.78, 5) is 12.3. The number of carbonyl (C=O) groups is 1. The molecule has 0 radical (unpaired) electrons. The van der Waals surface area contributed by atoms with Crippen LogP contribution in [0.2, 0.25) is 0 Å². The van der Waals surface area contributed by atoms with Gasteiger partial charge < -0.3 is 10.4 Å². The lowest BCUT2D eigenvalue weighted by atomic mass is 9.93. The molecule has 3 rings (SSSR count). The molecule has 2 aromatic rings. The van der Waals surface area contributed by atoms with Gasteiger partial charge in [0.2, 0.25) is 5.82 Å². The van der Waals surface area contributed by atoms with Crippen LogP contribution in [0.4, 0.5) is 0 Å². The van der Waals surface area contributed by atoms with Gasteiger partial charge in [-0.3, -0.25) is 9.20 Å². The van der Waals surface area contributed by atoms with E-state index in [1.165, 1.54) is 0 Å². The Hall–Kier alpha value is -1.47. The normalized spacial score (nSPS) is 22.9. The second kappa shape index (κ2) is 5.49. The van der Waals surface area contributed by atoms with Crippen molar-refractivity contribution in [2.45, 2.75) is 37.8 Å². The molecule has 1 aliphatic rings. The second-order valence-corrected chi connectivity index (χ2v) is 5.91. The fraction of sp³-hybridized carbons (Fsp3) is 0.462. The van der Waals surface area contributed by atoms with Gasteiger partial charge in [0.25, 0.3) is 5.91 Å². The first-order valence-electron chi connectivity index (χ1n) is 6.63. The van der Waals surface area contributed by atoms with Crippen molar-refractivity contribution in [2.75, 3.05) is 0 Å². The lowest BCUT2D eigenvalue weighted by Crippen LogP contribution is -2.39. The summed E-state index contributed by atoms with van der Waals surface area (Å²) in [5.41, 5.74) is 0.622. The first kappa shape index (κ1) is 13.5. The summed E-state index contributed by atoms with van der Waals surface area (Å²) in [6, 6.07) is 3.79. The van der Waals surface area contributed by atoms with Gasteiger partial charge in [-0.2, -0.15) is 0 Å². The maximum atomic E-state index is 12.3. The Balaban J connectivity index is 1.77. The molecule has 2 N–H and O–H groups in total. The topological polar surface area (TPSA) is 79.5 Å². The van der Waals surface area contributed by atoms with E-state index in [1.807, 2.05) is 12.1 Å². The van der Waals surface area contributed by atoms with Crippen LogP contribution in [0.5, 0.6) is 0 Å². The third-order valence-corrected chi connectivity index (χ3v) is 4.24. The number of aliphatic hydroxyl groups excluding tert-OH is 1. The molecule has 1 fully saturated rings. The van der Waals surface area contributed by atoms with Gasteiger partial charge in [0.15, 0.2) is 5.65 Å². The quantitative estimate of drug-likeness (QED) is 0.870. The molecule has 6 nitrogen and oxygen atoms in total. The number of aliphatic hydroxyl groups is 1. The van der Waals surface area contributed by atoms with E-state index < -0.39 is 0 Å². The number of hydrogen-bond donors (Lipinski definition) is 2. The first-order valence-corrected chi connectivity index (χ1v) is 7.42. The summed E-state index contributed by atoms with van der Waals surface area (Å²) >= 11 is 3.38. The Morgan fingerprint density at radius 3 is 2.85 bits per heavy atom. The third-order valence-electron chi connectivity index (χ3n) is 3.62. The minimum absolute atomic E-state index is 0.102. The molecule has 106 valence electrons. The smallest absolute Gasteiger partial charge is 0.289 e. The lowest BCUT2D eigenvalue weighted by molar-refractivity contribution is 0.0857. The molecule has 20 heavy (non-hydrogen) atoms. The Morgan fingerprint density at radius 2 is 2.10 bits per heavy atom. The molecule has 1 aliphatic carbocycles. The van der Waals surface area contributed by atoms with Crippen LogP contribution in [-0.4, -0.2) is 37.8 Å². The highest BCUT2D eigenvalue weighted by Gasteiger charge is 2.23. The third kappa shape index (κ3) is 2.55. The minimum atomic E-state index is -0.229. The highest BCUT2D eigenvalue weighted by molar-refractivity contribution is 9.10. The van der Waals surface area contributed by atoms with Crippen molar-refractivity contribution in [1.82, 2.24) is 19.9 Å². The summed E-state index contributed by atoms with van der Waals surface area (Å²) in [5, 5.41) is 20.4. The summed E-state index contributed by atoms with van der Waals surface area (Å²) in [6.45, 7) is 0. The number of halogens is 1. The molecule has 0 saturated heterocycles. The van der Waals surface area contributed by atoms with Crippen LogP contribution in [-0.2, 0) is 0 Å². The van der Waals surface area contributed by atoms with Crippen LogP contribution >= 0.6 is 15.9 Å². The van der Waals surface area contributed by atoms with Crippen molar-refractivity contribution in [3.63, 3.8) is 0 Å². The zero-order valence-electron chi connectivity index (χ0n) is 10.8. The molecule has 2 heterocycles. The van der Waals surface area contributed by atoms with Crippen molar-refractivity contribution in [3.05, 3.63) is 28.6 Å². The molecular weight excluding hydrogens is 324 g/mol. The highest BCUT2D eigenvalue weighted by atomic mass is 79.9. The van der Waals surface area contributed by atoms with Crippen LogP contribution in [0, 0.1) is 0 Å². The largest absolute Gasteiger partial charge is 0.393 e. The highest BCUT2D eigenvalue weighted by Crippen LogP contribution is 2.19. The number of amides is 1.